The summed E-state index contributed by atoms with van der Waals surface area (Å²) in [6.07, 6.45) is -1.58. The zero-order valence-corrected chi connectivity index (χ0v) is 23.5. The maximum absolute atomic E-state index is 14.2. The van der Waals surface area contributed by atoms with E-state index in [1.54, 1.807) is 152 Å². The van der Waals surface area contributed by atoms with Crippen molar-refractivity contribution >= 4 is 15.6 Å². The molecule has 0 aliphatic rings. The number of phosphoric ester groups is 2. The van der Waals surface area contributed by atoms with Gasteiger partial charge in [0.1, 0.15) is 23.0 Å². The first-order chi connectivity index (χ1) is 20.0. The highest BCUT2D eigenvalue weighted by Crippen LogP contribution is 2.58. The summed E-state index contributed by atoms with van der Waals surface area (Å²) in [5, 5.41) is 0. The van der Waals surface area contributed by atoms with Crippen molar-refractivity contribution in [2.75, 3.05) is 0 Å². The Hall–Kier alpha value is -4.32. The van der Waals surface area contributed by atoms with E-state index in [2.05, 4.69) is 0 Å². The van der Waals surface area contributed by atoms with E-state index in [-0.39, 0.29) is 23.0 Å². The summed E-state index contributed by atoms with van der Waals surface area (Å²) in [5.74, 6) is 0.899. The summed E-state index contributed by atoms with van der Waals surface area (Å²) in [6.45, 7) is 0. The van der Waals surface area contributed by atoms with Gasteiger partial charge in [-0.15, -0.1) is 0 Å². The Morgan fingerprint density at radius 3 is 0.878 bits per heavy atom. The number of para-hydroxylation sites is 4. The topological polar surface area (TPSA) is 89.5 Å². The van der Waals surface area contributed by atoms with Gasteiger partial charge in [-0.3, -0.25) is 0 Å². The summed E-state index contributed by atoms with van der Waals surface area (Å²) in [7, 11) is -8.99. The Morgan fingerprint density at radius 2 is 0.610 bits per heavy atom. The van der Waals surface area contributed by atoms with Gasteiger partial charge in [0.25, 0.3) is 0 Å². The van der Waals surface area contributed by atoms with Crippen molar-refractivity contribution in [2.45, 2.75) is 6.29 Å². The van der Waals surface area contributed by atoms with Crippen LogP contribution in [-0.2, 0) is 18.2 Å². The maximum atomic E-state index is 14.2. The van der Waals surface area contributed by atoms with Crippen LogP contribution in [0.2, 0.25) is 0 Å². The van der Waals surface area contributed by atoms with Crippen molar-refractivity contribution in [2.24, 2.45) is 0 Å². The molecule has 0 saturated heterocycles. The molecule has 41 heavy (non-hydrogen) atoms. The first kappa shape index (κ1) is 28.2. The standard InChI is InChI=1S/C31H26O8P2/c32-40(34-27-18-8-2-9-19-27,35-28-20-10-3-11-21-28)38-31(26-16-6-1-7-17-26)39-41(33,36-29-22-12-4-13-23-29)37-30-24-14-5-15-25-30/h1-25,31H. The third-order valence-electron chi connectivity index (χ3n) is 5.36. The highest BCUT2D eigenvalue weighted by molar-refractivity contribution is 7.50. The SMILES string of the molecule is O=P(Oc1ccccc1)(Oc1ccccc1)OC(OP(=O)(Oc1ccccc1)Oc1ccccc1)c1ccccc1. The smallest absolute Gasteiger partial charge is 0.395 e. The zero-order valence-electron chi connectivity index (χ0n) is 21.7. The van der Waals surface area contributed by atoms with Crippen molar-refractivity contribution in [3.05, 3.63) is 157 Å². The van der Waals surface area contributed by atoms with Crippen molar-refractivity contribution < 1.29 is 36.3 Å². The van der Waals surface area contributed by atoms with Gasteiger partial charge in [-0.05, 0) is 48.5 Å². The zero-order chi connectivity index (χ0) is 28.4. The van der Waals surface area contributed by atoms with Gasteiger partial charge in [-0.25, -0.2) is 18.2 Å². The van der Waals surface area contributed by atoms with E-state index < -0.39 is 21.9 Å². The molecule has 0 fully saturated rings. The summed E-state index contributed by atoms with van der Waals surface area (Å²) in [6, 6.07) is 42.1. The largest absolute Gasteiger partial charge is 0.590 e. The molecule has 0 amide bonds. The minimum absolute atomic E-state index is 0.225. The number of phosphoric acid groups is 2. The van der Waals surface area contributed by atoms with Crippen LogP contribution in [0.15, 0.2) is 152 Å². The van der Waals surface area contributed by atoms with Gasteiger partial charge < -0.3 is 18.1 Å². The molecule has 208 valence electrons. The average Bonchev–Trinajstić information content (AvgIpc) is 2.99. The van der Waals surface area contributed by atoms with E-state index in [4.69, 9.17) is 27.1 Å². The monoisotopic (exact) mass is 588 g/mol. The van der Waals surface area contributed by atoms with Gasteiger partial charge in [0.05, 0.1) is 0 Å². The molecule has 8 nitrogen and oxygen atoms in total. The van der Waals surface area contributed by atoms with Gasteiger partial charge in [-0.2, -0.15) is 0 Å². The molecule has 5 rings (SSSR count). The molecule has 0 atom stereocenters. The fourth-order valence-corrected chi connectivity index (χ4v) is 6.18. The van der Waals surface area contributed by atoms with Gasteiger partial charge in [-0.1, -0.05) is 103 Å². The van der Waals surface area contributed by atoms with Crippen LogP contribution >= 0.6 is 15.6 Å². The van der Waals surface area contributed by atoms with E-state index in [1.165, 1.54) is 0 Å². The normalized spacial score (nSPS) is 11.5. The Bertz CT molecular complexity index is 1390. The molecule has 0 radical (unpaired) electrons. The fraction of sp³-hybridized carbons (Fsp3) is 0.0323. The van der Waals surface area contributed by atoms with E-state index in [0.717, 1.165) is 0 Å². The molecule has 0 unspecified atom stereocenters. The van der Waals surface area contributed by atoms with Crippen LogP contribution in [0.5, 0.6) is 23.0 Å². The van der Waals surface area contributed by atoms with Crippen LogP contribution in [0.3, 0.4) is 0 Å². The lowest BCUT2D eigenvalue weighted by atomic mass is 10.2. The first-order valence-electron chi connectivity index (χ1n) is 12.6. The molecule has 0 N–H and O–H groups in total. The van der Waals surface area contributed by atoms with Gasteiger partial charge in [0.2, 0.25) is 6.29 Å². The summed E-state index contributed by atoms with van der Waals surface area (Å²) in [5.41, 5.74) is 0.356. The second-order valence-electron chi connectivity index (χ2n) is 8.47. The highest BCUT2D eigenvalue weighted by Gasteiger charge is 2.42. The van der Waals surface area contributed by atoms with Crippen LogP contribution < -0.4 is 18.1 Å². The van der Waals surface area contributed by atoms with Crippen LogP contribution in [-0.4, -0.2) is 0 Å². The Balaban J connectivity index is 1.52. The van der Waals surface area contributed by atoms with Crippen LogP contribution in [0.25, 0.3) is 0 Å². The van der Waals surface area contributed by atoms with Crippen molar-refractivity contribution in [1.29, 1.82) is 0 Å². The van der Waals surface area contributed by atoms with Crippen molar-refractivity contribution in [3.8, 4) is 23.0 Å². The molecule has 0 aliphatic carbocycles. The van der Waals surface area contributed by atoms with Gasteiger partial charge in [0, 0.05) is 5.56 Å². The predicted molar refractivity (Wildman–Crippen MR) is 155 cm³/mol. The minimum Gasteiger partial charge on any atom is -0.395 e. The van der Waals surface area contributed by atoms with Crippen LogP contribution in [0.4, 0.5) is 0 Å². The fourth-order valence-electron chi connectivity index (χ4n) is 3.55. The number of hydrogen-bond donors (Lipinski definition) is 0. The molecule has 0 heterocycles. The Morgan fingerprint density at radius 1 is 0.366 bits per heavy atom. The second-order valence-corrected chi connectivity index (χ2v) is 11.4. The average molecular weight is 588 g/mol. The number of hydrogen-bond acceptors (Lipinski definition) is 8. The molecular formula is C31H26O8P2. The molecule has 0 bridgehead atoms. The lowest BCUT2D eigenvalue weighted by Gasteiger charge is -2.27. The molecule has 0 spiro atoms. The molecule has 0 saturated carbocycles. The predicted octanol–water partition coefficient (Wildman–Crippen LogP) is 9.25. The van der Waals surface area contributed by atoms with E-state index in [1.807, 2.05) is 0 Å². The van der Waals surface area contributed by atoms with E-state index in [0.29, 0.717) is 5.56 Å². The first-order valence-corrected chi connectivity index (χ1v) is 15.5. The van der Waals surface area contributed by atoms with Crippen LogP contribution in [0.1, 0.15) is 11.9 Å². The molecule has 10 heteroatoms. The van der Waals surface area contributed by atoms with Crippen molar-refractivity contribution in [3.63, 3.8) is 0 Å². The number of benzene rings is 5. The summed E-state index contributed by atoms with van der Waals surface area (Å²) in [4.78, 5) is 0. The summed E-state index contributed by atoms with van der Waals surface area (Å²) >= 11 is 0. The Kier molecular flexibility index (Phi) is 9.19. The third-order valence-corrected chi connectivity index (χ3v) is 8.00. The number of rotatable bonds is 13. The lowest BCUT2D eigenvalue weighted by molar-refractivity contribution is -0.0295. The van der Waals surface area contributed by atoms with Crippen LogP contribution in [0, 0.1) is 0 Å². The molecule has 5 aromatic carbocycles. The van der Waals surface area contributed by atoms with Gasteiger partial charge in [0.15, 0.2) is 0 Å². The molecular weight excluding hydrogens is 562 g/mol. The van der Waals surface area contributed by atoms with E-state index >= 15 is 0 Å². The Labute approximate surface area is 238 Å². The second kappa shape index (κ2) is 13.4. The molecule has 5 aromatic rings. The summed E-state index contributed by atoms with van der Waals surface area (Å²) < 4.78 is 63.4. The minimum atomic E-state index is -4.49. The quantitative estimate of drug-likeness (QED) is 0.0993. The molecule has 0 aliphatic heterocycles. The van der Waals surface area contributed by atoms with E-state index in [9.17, 15) is 9.13 Å². The third kappa shape index (κ3) is 8.34. The van der Waals surface area contributed by atoms with Gasteiger partial charge >= 0.3 is 15.6 Å². The highest BCUT2D eigenvalue weighted by atomic mass is 31.2. The lowest BCUT2D eigenvalue weighted by Crippen LogP contribution is -2.15. The van der Waals surface area contributed by atoms with Crippen molar-refractivity contribution in [1.82, 2.24) is 0 Å². The maximum Gasteiger partial charge on any atom is 0.590 e. The molecule has 0 aromatic heterocycles.